The highest BCUT2D eigenvalue weighted by molar-refractivity contribution is 5.87. The van der Waals surface area contributed by atoms with Gasteiger partial charge in [-0.3, -0.25) is 14.5 Å². The molecule has 9 nitrogen and oxygen atoms in total. The zero-order valence-electron chi connectivity index (χ0n) is 26.3. The molecule has 0 spiro atoms. The summed E-state index contributed by atoms with van der Waals surface area (Å²) in [5.41, 5.74) is 3.29. The number of phenols is 1. The van der Waals surface area contributed by atoms with Crippen LogP contribution in [0.15, 0.2) is 53.3 Å². The van der Waals surface area contributed by atoms with Gasteiger partial charge in [0.1, 0.15) is 5.75 Å². The minimum atomic E-state index is -0.833. The van der Waals surface area contributed by atoms with Gasteiger partial charge < -0.3 is 30.2 Å². The van der Waals surface area contributed by atoms with Crippen molar-refractivity contribution in [2.75, 3.05) is 52.5 Å². The molecular formula is C36H48N4O5. The Balaban J connectivity index is 0.903. The van der Waals surface area contributed by atoms with Crippen molar-refractivity contribution in [2.45, 2.75) is 57.6 Å². The van der Waals surface area contributed by atoms with Crippen molar-refractivity contribution >= 4 is 16.8 Å². The van der Waals surface area contributed by atoms with E-state index in [0.29, 0.717) is 55.1 Å². The number of aliphatic hydroxyl groups excluding tert-OH is 1. The van der Waals surface area contributed by atoms with Gasteiger partial charge in [0.15, 0.2) is 0 Å². The second-order valence-electron chi connectivity index (χ2n) is 13.4. The number of carbonyl (C=O) groups excluding carboxylic acids is 1. The summed E-state index contributed by atoms with van der Waals surface area (Å²) in [4.78, 5) is 32.0. The number of aliphatic hydroxyl groups is 1. The number of aromatic nitrogens is 1. The third kappa shape index (κ3) is 8.52. The van der Waals surface area contributed by atoms with Gasteiger partial charge in [0.05, 0.1) is 31.3 Å². The van der Waals surface area contributed by atoms with Crippen LogP contribution < -0.4 is 10.9 Å². The van der Waals surface area contributed by atoms with Crippen molar-refractivity contribution < 1.29 is 19.7 Å². The van der Waals surface area contributed by atoms with E-state index in [0.717, 1.165) is 31.3 Å². The lowest BCUT2D eigenvalue weighted by molar-refractivity contribution is -0.132. The van der Waals surface area contributed by atoms with Crippen molar-refractivity contribution in [3.8, 4) is 5.75 Å². The van der Waals surface area contributed by atoms with Gasteiger partial charge in [0, 0.05) is 57.3 Å². The van der Waals surface area contributed by atoms with Gasteiger partial charge in [-0.1, -0.05) is 36.8 Å². The SMILES string of the molecule is O=C(CCOCCc1cccc(CN2CC3CCCC3C2)c1)N(CCNCC(O)c1ccc(O)c2[nH]c(=O)ccc12)CC1CC1. The number of rotatable bonds is 16. The predicted molar refractivity (Wildman–Crippen MR) is 175 cm³/mol. The standard InChI is InChI=1S/C36H48N4O5/c41-32-11-9-30(31-10-12-34(43)38-36(31)32)33(42)20-37-15-16-40(22-26-7-8-26)35(44)14-18-45-17-13-25-3-1-4-27(19-25)21-39-23-28-5-2-6-29(28)24-39/h1,3-4,9-12,19,26,28-29,33,37,41-42H,2,5-8,13-18,20-24H2,(H,38,43). The molecule has 0 bridgehead atoms. The van der Waals surface area contributed by atoms with Crippen molar-refractivity contribution in [2.24, 2.45) is 17.8 Å². The number of nitrogens with one attached hydrogen (secondary N) is 2. The van der Waals surface area contributed by atoms with Crippen LogP contribution >= 0.6 is 0 Å². The van der Waals surface area contributed by atoms with Crippen LogP contribution in [0.5, 0.6) is 5.75 Å². The van der Waals surface area contributed by atoms with E-state index in [1.165, 1.54) is 68.5 Å². The molecule has 1 aliphatic heterocycles. The summed E-state index contributed by atoms with van der Waals surface area (Å²) in [5.74, 6) is 2.49. The van der Waals surface area contributed by atoms with Gasteiger partial charge in [-0.05, 0) is 78.7 Å². The van der Waals surface area contributed by atoms with Crippen LogP contribution in [0.2, 0.25) is 0 Å². The minimum absolute atomic E-state index is 0.0338. The Labute approximate surface area is 265 Å². The third-order valence-corrected chi connectivity index (χ3v) is 9.89. The summed E-state index contributed by atoms with van der Waals surface area (Å²) in [7, 11) is 0. The molecule has 3 aromatic rings. The lowest BCUT2D eigenvalue weighted by Gasteiger charge is -2.23. The summed E-state index contributed by atoms with van der Waals surface area (Å²) in [6, 6.07) is 15.0. The summed E-state index contributed by atoms with van der Waals surface area (Å²) in [6.07, 6.45) is 6.94. The zero-order valence-corrected chi connectivity index (χ0v) is 26.3. The second-order valence-corrected chi connectivity index (χ2v) is 13.4. The van der Waals surface area contributed by atoms with Crippen LogP contribution in [0.1, 0.15) is 61.3 Å². The minimum Gasteiger partial charge on any atom is -0.506 e. The Morgan fingerprint density at radius 2 is 1.84 bits per heavy atom. The number of hydrogen-bond acceptors (Lipinski definition) is 7. The molecule has 2 saturated carbocycles. The normalized spacial score (nSPS) is 20.5. The summed E-state index contributed by atoms with van der Waals surface area (Å²) < 4.78 is 5.91. The molecule has 4 N–H and O–H groups in total. The van der Waals surface area contributed by atoms with Crippen molar-refractivity contribution in [1.82, 2.24) is 20.1 Å². The highest BCUT2D eigenvalue weighted by Gasteiger charge is 2.35. The smallest absolute Gasteiger partial charge is 0.248 e. The maximum absolute atomic E-state index is 13.1. The number of ether oxygens (including phenoxy) is 1. The molecule has 9 heteroatoms. The number of likely N-dealkylation sites (tertiary alicyclic amines) is 1. The van der Waals surface area contributed by atoms with E-state index < -0.39 is 6.10 Å². The topological polar surface area (TPSA) is 118 Å². The first-order valence-corrected chi connectivity index (χ1v) is 16.8. The fourth-order valence-electron chi connectivity index (χ4n) is 7.25. The largest absolute Gasteiger partial charge is 0.506 e. The quantitative estimate of drug-likeness (QED) is 0.180. The van der Waals surface area contributed by atoms with Crippen LogP contribution in [0.4, 0.5) is 0 Å². The number of amides is 1. The molecule has 45 heavy (non-hydrogen) atoms. The Morgan fingerprint density at radius 3 is 2.64 bits per heavy atom. The number of benzene rings is 2. The van der Waals surface area contributed by atoms with Crippen molar-refractivity contribution in [3.63, 3.8) is 0 Å². The summed E-state index contributed by atoms with van der Waals surface area (Å²) in [5, 5.41) is 24.8. The van der Waals surface area contributed by atoms with E-state index in [2.05, 4.69) is 39.5 Å². The van der Waals surface area contributed by atoms with E-state index in [4.69, 9.17) is 4.74 Å². The second kappa shape index (κ2) is 14.9. The molecule has 2 aliphatic carbocycles. The fraction of sp³-hybridized carbons (Fsp3) is 0.556. The van der Waals surface area contributed by atoms with Crippen molar-refractivity contribution in [1.29, 1.82) is 0 Å². The van der Waals surface area contributed by atoms with E-state index in [9.17, 15) is 19.8 Å². The molecule has 2 aromatic carbocycles. The number of H-pyrrole nitrogens is 1. The summed E-state index contributed by atoms with van der Waals surface area (Å²) in [6.45, 7) is 6.74. The zero-order chi connectivity index (χ0) is 31.2. The number of fused-ring (bicyclic) bond motifs is 2. The van der Waals surface area contributed by atoms with Crippen LogP contribution in [-0.2, 0) is 22.5 Å². The van der Waals surface area contributed by atoms with Gasteiger partial charge in [-0.15, -0.1) is 0 Å². The lowest BCUT2D eigenvalue weighted by atomic mass is 10.0. The number of pyridine rings is 1. The fourth-order valence-corrected chi connectivity index (χ4v) is 7.25. The molecule has 0 radical (unpaired) electrons. The Morgan fingerprint density at radius 1 is 1.04 bits per heavy atom. The highest BCUT2D eigenvalue weighted by Crippen LogP contribution is 2.38. The van der Waals surface area contributed by atoms with E-state index in [1.807, 2.05) is 4.90 Å². The molecule has 3 atom stereocenters. The highest BCUT2D eigenvalue weighted by atomic mass is 16.5. The average Bonchev–Trinajstić information content (AvgIpc) is 3.62. The van der Waals surface area contributed by atoms with E-state index in [-0.39, 0.29) is 23.8 Å². The maximum atomic E-state index is 13.1. The number of nitrogens with zero attached hydrogens (tertiary/aromatic N) is 2. The van der Waals surface area contributed by atoms with Gasteiger partial charge in [-0.2, -0.15) is 0 Å². The van der Waals surface area contributed by atoms with E-state index >= 15 is 0 Å². The molecular weight excluding hydrogens is 568 g/mol. The van der Waals surface area contributed by atoms with Gasteiger partial charge in [0.25, 0.3) is 0 Å². The van der Waals surface area contributed by atoms with Crippen LogP contribution in [-0.4, -0.2) is 83.4 Å². The number of carbonyl (C=O) groups is 1. The Bertz CT molecular complexity index is 1490. The molecule has 3 aliphatic rings. The molecule has 6 rings (SSSR count). The summed E-state index contributed by atoms with van der Waals surface area (Å²) >= 11 is 0. The molecule has 3 fully saturated rings. The number of hydrogen-bond donors (Lipinski definition) is 4. The van der Waals surface area contributed by atoms with Crippen LogP contribution in [0, 0.1) is 17.8 Å². The lowest BCUT2D eigenvalue weighted by Crippen LogP contribution is -2.39. The molecule has 242 valence electrons. The van der Waals surface area contributed by atoms with Crippen LogP contribution in [0.3, 0.4) is 0 Å². The maximum Gasteiger partial charge on any atom is 0.248 e. The monoisotopic (exact) mass is 616 g/mol. The number of phenolic OH excluding ortho intramolecular Hbond substituents is 1. The van der Waals surface area contributed by atoms with E-state index in [1.54, 1.807) is 12.1 Å². The number of aromatic amines is 1. The molecule has 1 saturated heterocycles. The first-order valence-electron chi connectivity index (χ1n) is 16.8. The van der Waals surface area contributed by atoms with Gasteiger partial charge >= 0.3 is 0 Å². The van der Waals surface area contributed by atoms with Crippen molar-refractivity contribution in [3.05, 3.63) is 75.6 Å². The average molecular weight is 617 g/mol. The molecule has 1 aromatic heterocycles. The Kier molecular flexibility index (Phi) is 10.5. The van der Waals surface area contributed by atoms with Gasteiger partial charge in [-0.25, -0.2) is 0 Å². The predicted octanol–water partition coefficient (Wildman–Crippen LogP) is 3.98. The molecule has 1 amide bonds. The van der Waals surface area contributed by atoms with Gasteiger partial charge in [0.2, 0.25) is 11.5 Å². The third-order valence-electron chi connectivity index (χ3n) is 9.89. The first-order chi connectivity index (χ1) is 21.9. The van der Waals surface area contributed by atoms with Crippen LogP contribution in [0.25, 0.3) is 10.9 Å². The molecule has 3 unspecified atom stereocenters. The molecule has 2 heterocycles. The first kappa shape index (κ1) is 31.7. The Hall–Kier alpha value is -3.24. The number of aromatic hydroxyl groups is 1.